The highest BCUT2D eigenvalue weighted by Gasteiger charge is 2.18. The van der Waals surface area contributed by atoms with Crippen molar-refractivity contribution < 1.29 is 14.2 Å². The Hall–Kier alpha value is -0.940. The highest BCUT2D eigenvalue weighted by molar-refractivity contribution is 5.19. The van der Waals surface area contributed by atoms with Crippen LogP contribution in [0.5, 0.6) is 0 Å². The first-order valence-electron chi connectivity index (χ1n) is 7.76. The number of methoxy groups -OCH3 is 1. The first kappa shape index (κ1) is 18.1. The maximum Gasteiger partial charge on any atom is 0.0742 e. The van der Waals surface area contributed by atoms with Crippen LogP contribution in [0, 0.1) is 0 Å². The van der Waals surface area contributed by atoms with Gasteiger partial charge in [-0.2, -0.15) is 0 Å². The van der Waals surface area contributed by atoms with Gasteiger partial charge in [0, 0.05) is 20.3 Å². The van der Waals surface area contributed by atoms with Gasteiger partial charge in [0.1, 0.15) is 0 Å². The van der Waals surface area contributed by atoms with Gasteiger partial charge in [-0.3, -0.25) is 0 Å². The molecule has 0 saturated carbocycles. The summed E-state index contributed by atoms with van der Waals surface area (Å²) in [5.74, 6) is 0. The lowest BCUT2D eigenvalue weighted by atomic mass is 10.0. The normalized spacial score (nSPS) is 14.0. The minimum atomic E-state index is 0.106. The van der Waals surface area contributed by atoms with Crippen molar-refractivity contribution in [3.8, 4) is 0 Å². The summed E-state index contributed by atoms with van der Waals surface area (Å²) in [6, 6.07) is 10.6. The Kier molecular flexibility index (Phi) is 10.1. The summed E-state index contributed by atoms with van der Waals surface area (Å²) in [4.78, 5) is 0. The van der Waals surface area contributed by atoms with Gasteiger partial charge in [-0.05, 0) is 25.5 Å². The lowest BCUT2D eigenvalue weighted by Crippen LogP contribution is -2.32. The smallest absolute Gasteiger partial charge is 0.0742 e. The first-order valence-corrected chi connectivity index (χ1v) is 7.76. The van der Waals surface area contributed by atoms with Crippen molar-refractivity contribution in [1.29, 1.82) is 0 Å². The molecule has 4 nitrogen and oxygen atoms in total. The standard InChI is InChI=1S/C17H29NO3/c1-4-18-17(16-9-6-5-7-10-16)15(2)21-14-13-20-12-8-11-19-3/h5-7,9-10,15,17-18H,4,8,11-14H2,1-3H3. The third kappa shape index (κ3) is 7.58. The molecule has 1 rings (SSSR count). The van der Waals surface area contributed by atoms with E-state index in [1.54, 1.807) is 7.11 Å². The molecule has 1 aromatic rings. The summed E-state index contributed by atoms with van der Waals surface area (Å²) in [7, 11) is 1.70. The van der Waals surface area contributed by atoms with Crippen molar-refractivity contribution in [2.24, 2.45) is 0 Å². The predicted molar refractivity (Wildman–Crippen MR) is 85.6 cm³/mol. The summed E-state index contributed by atoms with van der Waals surface area (Å²) in [6.07, 6.45) is 1.03. The number of rotatable bonds is 12. The fourth-order valence-corrected chi connectivity index (χ4v) is 2.23. The molecule has 21 heavy (non-hydrogen) atoms. The van der Waals surface area contributed by atoms with Gasteiger partial charge in [-0.1, -0.05) is 37.3 Å². The molecule has 0 saturated heterocycles. The Labute approximate surface area is 128 Å². The molecule has 0 aliphatic carbocycles. The fourth-order valence-electron chi connectivity index (χ4n) is 2.23. The summed E-state index contributed by atoms with van der Waals surface area (Å²) in [5, 5.41) is 3.49. The van der Waals surface area contributed by atoms with Crippen LogP contribution < -0.4 is 5.32 Å². The molecule has 4 heteroatoms. The van der Waals surface area contributed by atoms with Crippen molar-refractivity contribution in [2.45, 2.75) is 32.4 Å². The number of nitrogens with one attached hydrogen (secondary N) is 1. The van der Waals surface area contributed by atoms with E-state index < -0.39 is 0 Å². The second kappa shape index (κ2) is 11.7. The van der Waals surface area contributed by atoms with E-state index in [9.17, 15) is 0 Å². The summed E-state index contributed by atoms with van der Waals surface area (Å²) < 4.78 is 16.4. The summed E-state index contributed by atoms with van der Waals surface area (Å²) in [6.45, 7) is 7.84. The van der Waals surface area contributed by atoms with Crippen molar-refractivity contribution in [3.05, 3.63) is 35.9 Å². The molecule has 0 aliphatic rings. The molecule has 0 spiro atoms. The molecule has 0 bridgehead atoms. The van der Waals surface area contributed by atoms with Crippen molar-refractivity contribution in [2.75, 3.05) is 40.1 Å². The van der Waals surface area contributed by atoms with Gasteiger partial charge in [-0.25, -0.2) is 0 Å². The number of benzene rings is 1. The largest absolute Gasteiger partial charge is 0.385 e. The van der Waals surface area contributed by atoms with Crippen LogP contribution in [-0.4, -0.2) is 46.2 Å². The maximum atomic E-state index is 5.90. The molecule has 1 aromatic carbocycles. The zero-order valence-electron chi connectivity index (χ0n) is 13.5. The van der Waals surface area contributed by atoms with Gasteiger partial charge in [0.05, 0.1) is 25.4 Å². The lowest BCUT2D eigenvalue weighted by Gasteiger charge is -2.25. The molecule has 120 valence electrons. The summed E-state index contributed by atoms with van der Waals surface area (Å²) in [5.41, 5.74) is 1.26. The monoisotopic (exact) mass is 295 g/mol. The van der Waals surface area contributed by atoms with Crippen LogP contribution >= 0.6 is 0 Å². The average molecular weight is 295 g/mol. The third-order valence-electron chi connectivity index (χ3n) is 3.30. The number of hydrogen-bond acceptors (Lipinski definition) is 4. The van der Waals surface area contributed by atoms with Crippen LogP contribution in [0.1, 0.15) is 31.9 Å². The van der Waals surface area contributed by atoms with Gasteiger partial charge in [0.15, 0.2) is 0 Å². The second-order valence-electron chi connectivity index (χ2n) is 4.98. The second-order valence-corrected chi connectivity index (χ2v) is 4.98. The number of likely N-dealkylation sites (N-methyl/N-ethyl adjacent to an activating group) is 1. The van der Waals surface area contributed by atoms with E-state index in [0.29, 0.717) is 13.2 Å². The SMILES string of the molecule is CCNC(c1ccccc1)C(C)OCCOCCCOC. The molecule has 0 amide bonds. The zero-order valence-corrected chi connectivity index (χ0v) is 13.5. The van der Waals surface area contributed by atoms with E-state index in [-0.39, 0.29) is 12.1 Å². The highest BCUT2D eigenvalue weighted by atomic mass is 16.5. The quantitative estimate of drug-likeness (QED) is 0.602. The number of hydrogen-bond donors (Lipinski definition) is 1. The van der Waals surface area contributed by atoms with Crippen molar-refractivity contribution in [1.82, 2.24) is 5.32 Å². The molecule has 0 aromatic heterocycles. The molecule has 1 N–H and O–H groups in total. The molecule has 0 radical (unpaired) electrons. The zero-order chi connectivity index (χ0) is 15.3. The van der Waals surface area contributed by atoms with Gasteiger partial charge >= 0.3 is 0 Å². The van der Waals surface area contributed by atoms with Gasteiger partial charge in [0.25, 0.3) is 0 Å². The molecule has 2 atom stereocenters. The molecule has 0 heterocycles. The average Bonchev–Trinajstić information content (AvgIpc) is 2.52. The minimum absolute atomic E-state index is 0.106. The molecule has 0 fully saturated rings. The Morgan fingerprint density at radius 3 is 2.48 bits per heavy atom. The van der Waals surface area contributed by atoms with Gasteiger partial charge in [0.2, 0.25) is 0 Å². The predicted octanol–water partition coefficient (Wildman–Crippen LogP) is 2.80. The van der Waals surface area contributed by atoms with Crippen molar-refractivity contribution in [3.63, 3.8) is 0 Å². The lowest BCUT2D eigenvalue weighted by molar-refractivity contribution is -0.00618. The van der Waals surface area contributed by atoms with E-state index in [1.165, 1.54) is 5.56 Å². The van der Waals surface area contributed by atoms with Crippen LogP contribution in [-0.2, 0) is 14.2 Å². The van der Waals surface area contributed by atoms with E-state index >= 15 is 0 Å². The maximum absolute atomic E-state index is 5.90. The van der Waals surface area contributed by atoms with Crippen LogP contribution in [0.15, 0.2) is 30.3 Å². The first-order chi connectivity index (χ1) is 10.3. The summed E-state index contributed by atoms with van der Waals surface area (Å²) >= 11 is 0. The Balaban J connectivity index is 2.28. The Bertz CT molecular complexity index is 345. The Morgan fingerprint density at radius 1 is 1.05 bits per heavy atom. The van der Waals surface area contributed by atoms with E-state index in [4.69, 9.17) is 14.2 Å². The van der Waals surface area contributed by atoms with Gasteiger partial charge < -0.3 is 19.5 Å². The molecule has 0 aliphatic heterocycles. The minimum Gasteiger partial charge on any atom is -0.385 e. The molecular weight excluding hydrogens is 266 g/mol. The van der Waals surface area contributed by atoms with Crippen LogP contribution in [0.3, 0.4) is 0 Å². The fraction of sp³-hybridized carbons (Fsp3) is 0.647. The van der Waals surface area contributed by atoms with Crippen LogP contribution in [0.2, 0.25) is 0 Å². The Morgan fingerprint density at radius 2 is 1.81 bits per heavy atom. The molecular formula is C17H29NO3. The topological polar surface area (TPSA) is 39.7 Å². The molecule has 2 unspecified atom stereocenters. The highest BCUT2D eigenvalue weighted by Crippen LogP contribution is 2.18. The van der Waals surface area contributed by atoms with Gasteiger partial charge in [-0.15, -0.1) is 0 Å². The van der Waals surface area contributed by atoms with E-state index in [2.05, 4.69) is 43.4 Å². The number of ether oxygens (including phenoxy) is 3. The third-order valence-corrected chi connectivity index (χ3v) is 3.30. The van der Waals surface area contributed by atoms with Crippen LogP contribution in [0.25, 0.3) is 0 Å². The van der Waals surface area contributed by atoms with E-state index in [1.807, 2.05) is 6.07 Å². The van der Waals surface area contributed by atoms with E-state index in [0.717, 1.165) is 26.2 Å². The van der Waals surface area contributed by atoms with Crippen LogP contribution in [0.4, 0.5) is 0 Å². The van der Waals surface area contributed by atoms with Crippen molar-refractivity contribution >= 4 is 0 Å².